The van der Waals surface area contributed by atoms with Gasteiger partial charge in [0, 0.05) is 47.1 Å². The Morgan fingerprint density at radius 3 is 1.39 bits per heavy atom. The largest absolute Gasteiger partial charge is 0.488 e. The van der Waals surface area contributed by atoms with Crippen molar-refractivity contribution in [3.8, 4) is 33.8 Å². The van der Waals surface area contributed by atoms with Crippen molar-refractivity contribution < 1.29 is 9.47 Å². The van der Waals surface area contributed by atoms with Gasteiger partial charge in [0.05, 0.1) is 0 Å². The highest BCUT2D eigenvalue weighted by molar-refractivity contribution is 6.31. The molecule has 4 aromatic carbocycles. The third-order valence-corrected chi connectivity index (χ3v) is 7.56. The molecule has 0 fully saturated rings. The molecule has 2 unspecified atom stereocenters. The average Bonchev–Trinajstić information content (AvgIpc) is 3.52. The van der Waals surface area contributed by atoms with Gasteiger partial charge in [0.15, 0.2) is 0 Å². The highest BCUT2D eigenvalue weighted by atomic mass is 35.5. The van der Waals surface area contributed by atoms with Gasteiger partial charge < -0.3 is 20.9 Å². The second-order valence-electron chi connectivity index (χ2n) is 9.87. The van der Waals surface area contributed by atoms with E-state index in [1.165, 1.54) is 22.3 Å². The van der Waals surface area contributed by atoms with Crippen LogP contribution in [0.3, 0.4) is 0 Å². The summed E-state index contributed by atoms with van der Waals surface area (Å²) in [4.78, 5) is 0. The maximum atomic E-state index is 6.23. The molecule has 0 aromatic heterocycles. The van der Waals surface area contributed by atoms with Crippen molar-refractivity contribution in [3.05, 3.63) is 105 Å². The van der Waals surface area contributed by atoms with Crippen LogP contribution in [0.5, 0.6) is 11.5 Å². The van der Waals surface area contributed by atoms with E-state index in [-0.39, 0.29) is 12.2 Å². The van der Waals surface area contributed by atoms with Gasteiger partial charge in [-0.25, -0.2) is 0 Å². The first-order chi connectivity index (χ1) is 18.4. The van der Waals surface area contributed by atoms with Crippen LogP contribution in [-0.4, -0.2) is 25.3 Å². The standard InChI is InChI=1S/2C16H16ClNO/c2*1-10-4-2-3-5-14(10)15-8-12(17)6-11-7-13(9-18)19-16(11)15/h2*2-6,8,13H,7,9,18H2,1H3. The summed E-state index contributed by atoms with van der Waals surface area (Å²) in [6.45, 7) is 5.25. The summed E-state index contributed by atoms with van der Waals surface area (Å²) >= 11 is 12.5. The van der Waals surface area contributed by atoms with Crippen LogP contribution in [0.2, 0.25) is 10.0 Å². The van der Waals surface area contributed by atoms with Crippen molar-refractivity contribution in [1.29, 1.82) is 0 Å². The van der Waals surface area contributed by atoms with E-state index in [1.807, 2.05) is 48.5 Å². The molecule has 0 spiro atoms. The van der Waals surface area contributed by atoms with Crippen LogP contribution in [0.4, 0.5) is 0 Å². The number of ether oxygens (including phenoxy) is 2. The Morgan fingerprint density at radius 2 is 1.03 bits per heavy atom. The van der Waals surface area contributed by atoms with E-state index < -0.39 is 0 Å². The van der Waals surface area contributed by atoms with E-state index in [4.69, 9.17) is 44.1 Å². The van der Waals surface area contributed by atoms with Crippen LogP contribution in [0.25, 0.3) is 22.3 Å². The van der Waals surface area contributed by atoms with Gasteiger partial charge in [-0.1, -0.05) is 71.7 Å². The lowest BCUT2D eigenvalue weighted by molar-refractivity contribution is 0.242. The van der Waals surface area contributed by atoms with Crippen molar-refractivity contribution in [3.63, 3.8) is 0 Å². The van der Waals surface area contributed by atoms with Crippen LogP contribution in [-0.2, 0) is 12.8 Å². The Balaban J connectivity index is 0.000000155. The fraction of sp³-hybridized carbons (Fsp3) is 0.250. The summed E-state index contributed by atoms with van der Waals surface area (Å²) in [5, 5.41) is 1.50. The quantitative estimate of drug-likeness (QED) is 0.285. The smallest absolute Gasteiger partial charge is 0.131 e. The molecule has 0 saturated carbocycles. The summed E-state index contributed by atoms with van der Waals surface area (Å²) in [6, 6.07) is 24.4. The maximum Gasteiger partial charge on any atom is 0.131 e. The second kappa shape index (κ2) is 11.4. The fourth-order valence-electron chi connectivity index (χ4n) is 5.20. The molecule has 0 aliphatic carbocycles. The summed E-state index contributed by atoms with van der Waals surface area (Å²) in [7, 11) is 0. The number of benzene rings is 4. The van der Waals surface area contributed by atoms with Crippen molar-refractivity contribution in [2.45, 2.75) is 38.9 Å². The first kappa shape index (κ1) is 26.6. The number of hydrogen-bond donors (Lipinski definition) is 2. The predicted molar refractivity (Wildman–Crippen MR) is 158 cm³/mol. The minimum absolute atomic E-state index is 0.0660. The molecule has 4 N–H and O–H groups in total. The number of nitrogens with two attached hydrogens (primary N) is 2. The first-order valence-corrected chi connectivity index (χ1v) is 13.6. The van der Waals surface area contributed by atoms with E-state index in [0.29, 0.717) is 13.1 Å². The lowest BCUT2D eigenvalue weighted by atomic mass is 9.97. The highest BCUT2D eigenvalue weighted by Gasteiger charge is 2.27. The predicted octanol–water partition coefficient (Wildman–Crippen LogP) is 7.16. The average molecular weight is 548 g/mol. The molecule has 0 saturated heterocycles. The third-order valence-electron chi connectivity index (χ3n) is 7.12. The zero-order valence-corrected chi connectivity index (χ0v) is 23.2. The first-order valence-electron chi connectivity index (χ1n) is 12.9. The molecule has 0 amide bonds. The molecule has 6 heteroatoms. The highest BCUT2D eigenvalue weighted by Crippen LogP contribution is 2.43. The van der Waals surface area contributed by atoms with Crippen molar-refractivity contribution in [2.24, 2.45) is 11.5 Å². The SMILES string of the molecule is Cc1ccccc1-c1cc(Cl)cc2c1OC(CN)C2.Cc1ccccc1-c1cc(Cl)cc2c1OC(CN)C2. The van der Waals surface area contributed by atoms with E-state index in [1.54, 1.807) is 0 Å². The van der Waals surface area contributed by atoms with Crippen molar-refractivity contribution in [2.75, 3.05) is 13.1 Å². The van der Waals surface area contributed by atoms with Gasteiger partial charge in [0.1, 0.15) is 23.7 Å². The van der Waals surface area contributed by atoms with E-state index >= 15 is 0 Å². The molecule has 196 valence electrons. The van der Waals surface area contributed by atoms with Gasteiger partial charge in [0.2, 0.25) is 0 Å². The van der Waals surface area contributed by atoms with Crippen LogP contribution >= 0.6 is 23.2 Å². The third kappa shape index (κ3) is 5.41. The van der Waals surface area contributed by atoms with E-state index in [9.17, 15) is 0 Å². The molecule has 0 radical (unpaired) electrons. The van der Waals surface area contributed by atoms with Crippen LogP contribution < -0.4 is 20.9 Å². The van der Waals surface area contributed by atoms with Gasteiger partial charge in [-0.3, -0.25) is 0 Å². The summed E-state index contributed by atoms with van der Waals surface area (Å²) in [5.41, 5.74) is 20.6. The minimum atomic E-state index is 0.0660. The molecule has 2 atom stereocenters. The minimum Gasteiger partial charge on any atom is -0.488 e. The molecule has 6 rings (SSSR count). The Kier molecular flexibility index (Phi) is 7.96. The molecule has 4 aromatic rings. The Bertz CT molecular complexity index is 1360. The molecule has 2 heterocycles. The van der Waals surface area contributed by atoms with Crippen LogP contribution in [0.1, 0.15) is 22.3 Å². The maximum absolute atomic E-state index is 6.23. The fourth-order valence-corrected chi connectivity index (χ4v) is 5.68. The van der Waals surface area contributed by atoms with Crippen molar-refractivity contribution >= 4 is 23.2 Å². The normalized spacial score (nSPS) is 17.1. The van der Waals surface area contributed by atoms with Gasteiger partial charge in [-0.2, -0.15) is 0 Å². The molecule has 4 nitrogen and oxygen atoms in total. The molecular weight excluding hydrogens is 515 g/mol. The molecule has 2 aliphatic heterocycles. The molecular formula is C32H32Cl2N2O2. The summed E-state index contributed by atoms with van der Waals surface area (Å²) in [5.74, 6) is 1.88. The van der Waals surface area contributed by atoms with Gasteiger partial charge in [-0.15, -0.1) is 0 Å². The van der Waals surface area contributed by atoms with Crippen LogP contribution in [0.15, 0.2) is 72.8 Å². The second-order valence-corrected chi connectivity index (χ2v) is 10.7. The monoisotopic (exact) mass is 546 g/mol. The van der Waals surface area contributed by atoms with Gasteiger partial charge >= 0.3 is 0 Å². The Labute approximate surface area is 234 Å². The number of halogens is 2. The Hall–Kier alpha value is -3.02. The zero-order valence-electron chi connectivity index (χ0n) is 21.6. The number of aryl methyl sites for hydroxylation is 2. The Morgan fingerprint density at radius 1 is 0.632 bits per heavy atom. The molecule has 38 heavy (non-hydrogen) atoms. The van der Waals surface area contributed by atoms with Gasteiger partial charge in [-0.05, 0) is 71.5 Å². The number of fused-ring (bicyclic) bond motifs is 2. The number of rotatable bonds is 4. The zero-order chi connectivity index (χ0) is 26.8. The number of hydrogen-bond acceptors (Lipinski definition) is 4. The molecule has 2 aliphatic rings. The lowest BCUT2D eigenvalue weighted by Crippen LogP contribution is -2.24. The van der Waals surface area contributed by atoms with Crippen molar-refractivity contribution in [1.82, 2.24) is 0 Å². The van der Waals surface area contributed by atoms with Gasteiger partial charge in [0.25, 0.3) is 0 Å². The topological polar surface area (TPSA) is 70.5 Å². The van der Waals surface area contributed by atoms with E-state index in [2.05, 4.69) is 38.1 Å². The van der Waals surface area contributed by atoms with E-state index in [0.717, 1.165) is 56.6 Å². The lowest BCUT2D eigenvalue weighted by Gasteiger charge is -2.13. The van der Waals surface area contributed by atoms with Crippen LogP contribution in [0, 0.1) is 13.8 Å². The summed E-state index contributed by atoms with van der Waals surface area (Å²) < 4.78 is 11.9. The molecule has 0 bridgehead atoms. The summed E-state index contributed by atoms with van der Waals surface area (Å²) in [6.07, 6.45) is 1.81.